The molecule has 0 fully saturated rings. The van der Waals surface area contributed by atoms with Crippen LogP contribution in [0.15, 0.2) is 67.0 Å². The molecular formula is C21H19FN6O. The predicted molar refractivity (Wildman–Crippen MR) is 110 cm³/mol. The van der Waals surface area contributed by atoms with E-state index >= 15 is 0 Å². The Kier molecular flexibility index (Phi) is 5.17. The van der Waals surface area contributed by atoms with Gasteiger partial charge in [-0.2, -0.15) is 5.10 Å². The zero-order chi connectivity index (χ0) is 20.2. The molecule has 2 heterocycles. The summed E-state index contributed by atoms with van der Waals surface area (Å²) in [6, 6.07) is 15.2. The molecule has 0 bridgehead atoms. The van der Waals surface area contributed by atoms with E-state index < -0.39 is 0 Å². The predicted octanol–water partition coefficient (Wildman–Crippen LogP) is 3.46. The summed E-state index contributed by atoms with van der Waals surface area (Å²) in [7, 11) is 0. The molecule has 0 aliphatic carbocycles. The Balaban J connectivity index is 1.73. The third-order valence-corrected chi connectivity index (χ3v) is 4.29. The fourth-order valence-electron chi connectivity index (χ4n) is 2.94. The van der Waals surface area contributed by atoms with Crippen molar-refractivity contribution in [2.24, 2.45) is 0 Å². The van der Waals surface area contributed by atoms with Crippen molar-refractivity contribution in [1.29, 1.82) is 0 Å². The van der Waals surface area contributed by atoms with E-state index in [1.54, 1.807) is 41.2 Å². The van der Waals surface area contributed by atoms with E-state index in [0.29, 0.717) is 35.3 Å². The average molecular weight is 390 g/mol. The number of rotatable bonds is 6. The quantitative estimate of drug-likeness (QED) is 0.436. The smallest absolute Gasteiger partial charge is 0.227 e. The average Bonchev–Trinajstić information content (AvgIpc) is 3.13. The van der Waals surface area contributed by atoms with Crippen molar-refractivity contribution in [2.75, 3.05) is 17.7 Å². The molecule has 2 aromatic carbocycles. The summed E-state index contributed by atoms with van der Waals surface area (Å²) >= 11 is 0. The molecule has 146 valence electrons. The van der Waals surface area contributed by atoms with Crippen LogP contribution in [0.25, 0.3) is 22.5 Å². The molecule has 29 heavy (non-hydrogen) atoms. The first-order valence-electron chi connectivity index (χ1n) is 9.02. The van der Waals surface area contributed by atoms with Crippen LogP contribution in [0.4, 0.5) is 21.7 Å². The number of anilines is 3. The van der Waals surface area contributed by atoms with Crippen LogP contribution in [-0.2, 0) is 6.54 Å². The lowest BCUT2D eigenvalue weighted by Crippen LogP contribution is -2.02. The summed E-state index contributed by atoms with van der Waals surface area (Å²) in [4.78, 5) is 8.78. The number of hydrogen-bond acceptors (Lipinski definition) is 6. The van der Waals surface area contributed by atoms with Crippen LogP contribution < -0.4 is 11.1 Å². The summed E-state index contributed by atoms with van der Waals surface area (Å²) in [5.74, 6) is -0.00617. The standard InChI is InChI=1S/C21H19FN6O/c22-15-2-1-3-17(12-15)25-21-24-9-8-19(26-21)18-13-28(10-11-29)27-20(18)14-4-6-16(23)7-5-14/h1-9,12-13,29H,10-11,23H2,(H,24,25,26). The van der Waals surface area contributed by atoms with Crippen LogP contribution in [0.1, 0.15) is 0 Å². The first-order chi connectivity index (χ1) is 14.1. The van der Waals surface area contributed by atoms with E-state index in [9.17, 15) is 9.50 Å². The maximum atomic E-state index is 13.4. The monoisotopic (exact) mass is 390 g/mol. The minimum Gasteiger partial charge on any atom is -0.399 e. The van der Waals surface area contributed by atoms with Gasteiger partial charge in [-0.15, -0.1) is 0 Å². The molecule has 0 radical (unpaired) electrons. The zero-order valence-electron chi connectivity index (χ0n) is 15.5. The van der Waals surface area contributed by atoms with Crippen molar-refractivity contribution >= 4 is 17.3 Å². The van der Waals surface area contributed by atoms with Crippen molar-refractivity contribution in [3.8, 4) is 22.5 Å². The summed E-state index contributed by atoms with van der Waals surface area (Å²) in [6.07, 6.45) is 3.45. The molecule has 2 aromatic heterocycles. The fourth-order valence-corrected chi connectivity index (χ4v) is 2.94. The molecule has 0 aliphatic rings. The fraction of sp³-hybridized carbons (Fsp3) is 0.0952. The second-order valence-electron chi connectivity index (χ2n) is 6.40. The van der Waals surface area contributed by atoms with Crippen LogP contribution in [0, 0.1) is 5.82 Å². The van der Waals surface area contributed by atoms with Crippen molar-refractivity contribution in [3.63, 3.8) is 0 Å². The number of nitrogens with one attached hydrogen (secondary N) is 1. The van der Waals surface area contributed by atoms with Gasteiger partial charge in [0.15, 0.2) is 0 Å². The molecular weight excluding hydrogens is 371 g/mol. The van der Waals surface area contributed by atoms with Gasteiger partial charge in [0.05, 0.1) is 18.8 Å². The SMILES string of the molecule is Nc1ccc(-c2nn(CCO)cc2-c2ccnc(Nc3cccc(F)c3)n2)cc1. The Hall–Kier alpha value is -3.78. The lowest BCUT2D eigenvalue weighted by molar-refractivity contribution is 0.269. The minimum atomic E-state index is -0.345. The van der Waals surface area contributed by atoms with Gasteiger partial charge in [0.2, 0.25) is 5.95 Å². The molecule has 0 unspecified atom stereocenters. The highest BCUT2D eigenvalue weighted by Crippen LogP contribution is 2.31. The molecule has 0 atom stereocenters. The van der Waals surface area contributed by atoms with E-state index in [1.807, 2.05) is 18.3 Å². The summed E-state index contributed by atoms with van der Waals surface area (Å²) in [5.41, 5.74) is 10.0. The van der Waals surface area contributed by atoms with E-state index in [-0.39, 0.29) is 12.4 Å². The molecule has 0 spiro atoms. The maximum Gasteiger partial charge on any atom is 0.227 e. The van der Waals surface area contributed by atoms with Gasteiger partial charge < -0.3 is 16.2 Å². The van der Waals surface area contributed by atoms with Gasteiger partial charge in [0, 0.05) is 34.9 Å². The van der Waals surface area contributed by atoms with E-state index in [0.717, 1.165) is 11.1 Å². The first kappa shape index (κ1) is 18.6. The Labute approximate surface area is 166 Å². The maximum absolute atomic E-state index is 13.4. The number of aliphatic hydroxyl groups excluding tert-OH is 1. The van der Waals surface area contributed by atoms with E-state index in [2.05, 4.69) is 20.4 Å². The lowest BCUT2D eigenvalue weighted by atomic mass is 10.1. The third-order valence-electron chi connectivity index (χ3n) is 4.29. The number of nitrogen functional groups attached to an aromatic ring is 1. The number of halogens is 1. The Morgan fingerprint density at radius 2 is 1.93 bits per heavy atom. The van der Waals surface area contributed by atoms with Gasteiger partial charge in [0.1, 0.15) is 11.5 Å². The van der Waals surface area contributed by atoms with Gasteiger partial charge in [-0.3, -0.25) is 4.68 Å². The summed E-state index contributed by atoms with van der Waals surface area (Å²) in [5, 5.41) is 16.9. The minimum absolute atomic E-state index is 0.0293. The van der Waals surface area contributed by atoms with Crippen molar-refractivity contribution < 1.29 is 9.50 Å². The van der Waals surface area contributed by atoms with Crippen LogP contribution in [0.5, 0.6) is 0 Å². The number of aromatic nitrogens is 4. The van der Waals surface area contributed by atoms with Crippen molar-refractivity contribution in [2.45, 2.75) is 6.54 Å². The van der Waals surface area contributed by atoms with Crippen LogP contribution in [-0.4, -0.2) is 31.5 Å². The molecule has 0 amide bonds. The molecule has 8 heteroatoms. The summed E-state index contributed by atoms with van der Waals surface area (Å²) in [6.45, 7) is 0.333. The van der Waals surface area contributed by atoms with E-state index in [4.69, 9.17) is 5.73 Å². The number of nitrogens with two attached hydrogens (primary N) is 1. The number of hydrogen-bond donors (Lipinski definition) is 3. The lowest BCUT2D eigenvalue weighted by Gasteiger charge is -2.07. The zero-order valence-corrected chi connectivity index (χ0v) is 15.5. The van der Waals surface area contributed by atoms with Crippen LogP contribution in [0.3, 0.4) is 0 Å². The highest BCUT2D eigenvalue weighted by molar-refractivity contribution is 5.79. The number of aliphatic hydroxyl groups is 1. The van der Waals surface area contributed by atoms with Gasteiger partial charge >= 0.3 is 0 Å². The molecule has 4 N–H and O–H groups in total. The third kappa shape index (κ3) is 4.22. The normalized spacial score (nSPS) is 10.8. The van der Waals surface area contributed by atoms with Gasteiger partial charge in [-0.1, -0.05) is 18.2 Å². The van der Waals surface area contributed by atoms with Crippen molar-refractivity contribution in [1.82, 2.24) is 19.7 Å². The Bertz CT molecular complexity index is 1130. The second kappa shape index (κ2) is 8.07. The molecule has 4 aromatic rings. The van der Waals surface area contributed by atoms with Crippen LogP contribution >= 0.6 is 0 Å². The van der Waals surface area contributed by atoms with Gasteiger partial charge in [-0.05, 0) is 36.4 Å². The molecule has 0 saturated carbocycles. The largest absolute Gasteiger partial charge is 0.399 e. The van der Waals surface area contributed by atoms with E-state index in [1.165, 1.54) is 12.1 Å². The Morgan fingerprint density at radius 1 is 1.10 bits per heavy atom. The number of benzene rings is 2. The molecule has 0 saturated heterocycles. The highest BCUT2D eigenvalue weighted by Gasteiger charge is 2.15. The Morgan fingerprint density at radius 3 is 2.69 bits per heavy atom. The molecule has 0 aliphatic heterocycles. The van der Waals surface area contributed by atoms with Crippen LogP contribution in [0.2, 0.25) is 0 Å². The topological polar surface area (TPSA) is 102 Å². The highest BCUT2D eigenvalue weighted by atomic mass is 19.1. The molecule has 4 rings (SSSR count). The summed E-state index contributed by atoms with van der Waals surface area (Å²) < 4.78 is 15.1. The second-order valence-corrected chi connectivity index (χ2v) is 6.40. The first-order valence-corrected chi connectivity index (χ1v) is 9.02. The van der Waals surface area contributed by atoms with Gasteiger partial charge in [-0.25, -0.2) is 14.4 Å². The number of nitrogens with zero attached hydrogens (tertiary/aromatic N) is 4. The molecule has 7 nitrogen and oxygen atoms in total. The van der Waals surface area contributed by atoms with Crippen molar-refractivity contribution in [3.05, 3.63) is 72.8 Å². The van der Waals surface area contributed by atoms with Gasteiger partial charge in [0.25, 0.3) is 0 Å².